The lowest BCUT2D eigenvalue weighted by Gasteiger charge is -2.31. The summed E-state index contributed by atoms with van der Waals surface area (Å²) in [6.07, 6.45) is 5.64. The maximum absolute atomic E-state index is 13.7. The third-order valence-electron chi connectivity index (χ3n) is 4.34. The van der Waals surface area contributed by atoms with Crippen molar-refractivity contribution in [3.8, 4) is 0 Å². The fourth-order valence-electron chi connectivity index (χ4n) is 2.87. The molecule has 1 fully saturated rings. The van der Waals surface area contributed by atoms with Crippen LogP contribution >= 0.6 is 0 Å². The van der Waals surface area contributed by atoms with E-state index in [1.165, 1.54) is 17.7 Å². The third-order valence-corrected chi connectivity index (χ3v) is 4.34. The molecule has 0 bridgehead atoms. The summed E-state index contributed by atoms with van der Waals surface area (Å²) in [6.45, 7) is 8.94. The standard InChI is InChI=1S/C20H27FN2O/c1-15(2)8-11-23-12-9-17(10-13-23)22-20(24)14-16(3)18-6-4-5-7-19(18)21/h4-8,14,17H,9-13H2,1-3H3,(H,22,24)/b16-14-. The number of halogens is 1. The van der Waals surface area contributed by atoms with Crippen molar-refractivity contribution in [3.63, 3.8) is 0 Å². The van der Waals surface area contributed by atoms with Gasteiger partial charge < -0.3 is 5.32 Å². The van der Waals surface area contributed by atoms with Gasteiger partial charge in [0.25, 0.3) is 0 Å². The maximum Gasteiger partial charge on any atom is 0.244 e. The molecule has 0 aliphatic carbocycles. The van der Waals surface area contributed by atoms with Crippen LogP contribution in [0.4, 0.5) is 4.39 Å². The van der Waals surface area contributed by atoms with Crippen molar-refractivity contribution in [1.82, 2.24) is 10.2 Å². The molecule has 0 saturated carbocycles. The first-order valence-corrected chi connectivity index (χ1v) is 8.55. The fraction of sp³-hybridized carbons (Fsp3) is 0.450. The molecule has 1 aromatic rings. The fourth-order valence-corrected chi connectivity index (χ4v) is 2.87. The zero-order valence-electron chi connectivity index (χ0n) is 14.8. The van der Waals surface area contributed by atoms with E-state index in [0.717, 1.165) is 32.5 Å². The minimum absolute atomic E-state index is 0.140. The van der Waals surface area contributed by atoms with Gasteiger partial charge in [0.15, 0.2) is 0 Å². The molecular weight excluding hydrogens is 303 g/mol. The number of nitrogens with one attached hydrogen (secondary N) is 1. The molecule has 1 aliphatic rings. The van der Waals surface area contributed by atoms with E-state index in [4.69, 9.17) is 0 Å². The average molecular weight is 330 g/mol. The highest BCUT2D eigenvalue weighted by Gasteiger charge is 2.19. The van der Waals surface area contributed by atoms with Crippen molar-refractivity contribution in [2.24, 2.45) is 0 Å². The first-order valence-electron chi connectivity index (χ1n) is 8.55. The molecule has 1 N–H and O–H groups in total. The van der Waals surface area contributed by atoms with E-state index in [9.17, 15) is 9.18 Å². The highest BCUT2D eigenvalue weighted by molar-refractivity contribution is 5.95. The molecule has 2 rings (SSSR count). The van der Waals surface area contributed by atoms with Crippen molar-refractivity contribution in [1.29, 1.82) is 0 Å². The molecule has 0 aromatic heterocycles. The lowest BCUT2D eigenvalue weighted by molar-refractivity contribution is -0.117. The summed E-state index contributed by atoms with van der Waals surface area (Å²) < 4.78 is 13.7. The molecular formula is C20H27FN2O. The van der Waals surface area contributed by atoms with Crippen molar-refractivity contribution < 1.29 is 9.18 Å². The van der Waals surface area contributed by atoms with E-state index in [0.29, 0.717) is 11.1 Å². The van der Waals surface area contributed by atoms with Gasteiger partial charge in [-0.2, -0.15) is 0 Å². The number of rotatable bonds is 5. The minimum atomic E-state index is -0.299. The third kappa shape index (κ3) is 5.60. The quantitative estimate of drug-likeness (QED) is 0.658. The highest BCUT2D eigenvalue weighted by Crippen LogP contribution is 2.17. The van der Waals surface area contributed by atoms with Crippen LogP contribution in [0, 0.1) is 5.82 Å². The van der Waals surface area contributed by atoms with Gasteiger partial charge in [-0.15, -0.1) is 0 Å². The molecule has 3 nitrogen and oxygen atoms in total. The summed E-state index contributed by atoms with van der Waals surface area (Å²) >= 11 is 0. The average Bonchev–Trinajstić information content (AvgIpc) is 2.54. The Balaban J connectivity index is 1.84. The Morgan fingerprint density at radius 2 is 1.92 bits per heavy atom. The van der Waals surface area contributed by atoms with Gasteiger partial charge in [0, 0.05) is 37.3 Å². The van der Waals surface area contributed by atoms with Crippen LogP contribution in [-0.4, -0.2) is 36.5 Å². The van der Waals surface area contributed by atoms with Crippen molar-refractivity contribution in [2.75, 3.05) is 19.6 Å². The van der Waals surface area contributed by atoms with Crippen molar-refractivity contribution in [2.45, 2.75) is 39.7 Å². The van der Waals surface area contributed by atoms with Crippen LogP contribution in [0.25, 0.3) is 5.57 Å². The molecule has 4 heteroatoms. The van der Waals surface area contributed by atoms with Crippen LogP contribution in [0.2, 0.25) is 0 Å². The summed E-state index contributed by atoms with van der Waals surface area (Å²) in [5.41, 5.74) is 2.45. The second-order valence-corrected chi connectivity index (χ2v) is 6.67. The Morgan fingerprint density at radius 1 is 1.25 bits per heavy atom. The van der Waals surface area contributed by atoms with Gasteiger partial charge in [0.2, 0.25) is 5.91 Å². The minimum Gasteiger partial charge on any atom is -0.350 e. The Hall–Kier alpha value is -1.94. The number of likely N-dealkylation sites (tertiary alicyclic amines) is 1. The number of carbonyl (C=O) groups excluding carboxylic acids is 1. The zero-order chi connectivity index (χ0) is 17.5. The highest BCUT2D eigenvalue weighted by atomic mass is 19.1. The van der Waals surface area contributed by atoms with Gasteiger partial charge >= 0.3 is 0 Å². The Labute approximate surface area is 144 Å². The molecule has 1 amide bonds. The topological polar surface area (TPSA) is 32.3 Å². The zero-order valence-corrected chi connectivity index (χ0v) is 14.8. The molecule has 130 valence electrons. The van der Waals surface area contributed by atoms with Gasteiger partial charge in [-0.3, -0.25) is 9.69 Å². The van der Waals surface area contributed by atoms with E-state index in [2.05, 4.69) is 30.1 Å². The van der Waals surface area contributed by atoms with Crippen molar-refractivity contribution in [3.05, 3.63) is 53.4 Å². The van der Waals surface area contributed by atoms with Crippen LogP contribution in [0.15, 0.2) is 42.0 Å². The second kappa shape index (κ2) is 8.78. The lowest BCUT2D eigenvalue weighted by atomic mass is 10.0. The number of hydrogen-bond acceptors (Lipinski definition) is 2. The first kappa shape index (κ1) is 18.4. The summed E-state index contributed by atoms with van der Waals surface area (Å²) in [7, 11) is 0. The predicted octanol–water partition coefficient (Wildman–Crippen LogP) is 3.78. The molecule has 1 aliphatic heterocycles. The number of carbonyl (C=O) groups is 1. The second-order valence-electron chi connectivity index (χ2n) is 6.67. The molecule has 0 radical (unpaired) electrons. The van der Waals surface area contributed by atoms with E-state index in [-0.39, 0.29) is 17.8 Å². The number of nitrogens with zero attached hydrogens (tertiary/aromatic N) is 1. The van der Waals surface area contributed by atoms with Crippen LogP contribution < -0.4 is 5.32 Å². The normalized spacial score (nSPS) is 16.8. The summed E-state index contributed by atoms with van der Waals surface area (Å²) in [5, 5.41) is 3.04. The largest absolute Gasteiger partial charge is 0.350 e. The summed E-state index contributed by atoms with van der Waals surface area (Å²) in [4.78, 5) is 14.6. The Kier molecular flexibility index (Phi) is 6.73. The van der Waals surface area contributed by atoms with Gasteiger partial charge in [-0.05, 0) is 45.3 Å². The predicted molar refractivity (Wildman–Crippen MR) is 97.1 cm³/mol. The SMILES string of the molecule is CC(C)=CCN1CCC(NC(=O)/C=C(/C)c2ccccc2F)CC1. The number of hydrogen-bond donors (Lipinski definition) is 1. The van der Waals surface area contributed by atoms with Crippen LogP contribution in [0.5, 0.6) is 0 Å². The number of amides is 1. The van der Waals surface area contributed by atoms with E-state index in [1.54, 1.807) is 25.1 Å². The van der Waals surface area contributed by atoms with E-state index < -0.39 is 0 Å². The molecule has 0 atom stereocenters. The number of benzene rings is 1. The summed E-state index contributed by atoms with van der Waals surface area (Å²) in [5.74, 6) is -0.440. The van der Waals surface area contributed by atoms with Gasteiger partial charge in [-0.25, -0.2) is 4.39 Å². The number of allylic oxidation sites excluding steroid dienone is 2. The number of piperidine rings is 1. The Bertz CT molecular complexity index is 624. The van der Waals surface area contributed by atoms with Crippen molar-refractivity contribution >= 4 is 11.5 Å². The monoisotopic (exact) mass is 330 g/mol. The first-order chi connectivity index (χ1) is 11.5. The smallest absolute Gasteiger partial charge is 0.244 e. The molecule has 24 heavy (non-hydrogen) atoms. The molecule has 1 heterocycles. The molecule has 1 saturated heterocycles. The van der Waals surface area contributed by atoms with E-state index >= 15 is 0 Å². The van der Waals surface area contributed by atoms with Crippen LogP contribution in [0.3, 0.4) is 0 Å². The van der Waals surface area contributed by atoms with E-state index in [1.807, 2.05) is 0 Å². The molecule has 0 unspecified atom stereocenters. The van der Waals surface area contributed by atoms with Gasteiger partial charge in [0.1, 0.15) is 5.82 Å². The van der Waals surface area contributed by atoms with Gasteiger partial charge in [0.05, 0.1) is 0 Å². The van der Waals surface area contributed by atoms with Gasteiger partial charge in [-0.1, -0.05) is 29.8 Å². The van der Waals surface area contributed by atoms with Crippen LogP contribution in [0.1, 0.15) is 39.2 Å². The van der Waals surface area contributed by atoms with Crippen LogP contribution in [-0.2, 0) is 4.79 Å². The Morgan fingerprint density at radius 3 is 2.54 bits per heavy atom. The molecule has 0 spiro atoms. The summed E-state index contributed by atoms with van der Waals surface area (Å²) in [6, 6.07) is 6.72. The lowest BCUT2D eigenvalue weighted by Crippen LogP contribution is -2.44. The molecule has 1 aromatic carbocycles. The maximum atomic E-state index is 13.7.